The van der Waals surface area contributed by atoms with E-state index in [1.807, 2.05) is 18.7 Å². The van der Waals surface area contributed by atoms with Gasteiger partial charge < -0.3 is 15.1 Å². The highest BCUT2D eigenvalue weighted by molar-refractivity contribution is 5.76. The van der Waals surface area contributed by atoms with Gasteiger partial charge in [-0.1, -0.05) is 12.1 Å². The van der Waals surface area contributed by atoms with E-state index in [4.69, 9.17) is 0 Å². The quantitative estimate of drug-likeness (QED) is 0.462. The molecule has 10 nitrogen and oxygen atoms in total. The number of nitro groups is 1. The molecule has 1 aliphatic carbocycles. The second-order valence-corrected chi connectivity index (χ2v) is 10.9. The Hall–Kier alpha value is -3.48. The number of piperazine rings is 1. The monoisotopic (exact) mass is 533 g/mol. The third-order valence-corrected chi connectivity index (χ3v) is 7.76. The number of urea groups is 1. The minimum absolute atomic E-state index is 0.0874. The summed E-state index contributed by atoms with van der Waals surface area (Å²) in [6, 6.07) is 6.28. The topological polar surface area (TPSA) is 108 Å². The van der Waals surface area contributed by atoms with Crippen molar-refractivity contribution >= 4 is 17.7 Å². The average molecular weight is 534 g/mol. The van der Waals surface area contributed by atoms with Crippen LogP contribution < -0.4 is 10.2 Å². The number of hydrogen-bond donors (Lipinski definition) is 1. The maximum atomic E-state index is 13.1. The first-order valence-corrected chi connectivity index (χ1v) is 12.6. The Morgan fingerprint density at radius 1 is 1.11 bits per heavy atom. The fraction of sp³-hybridized carbons (Fsp3) is 0.560. The van der Waals surface area contributed by atoms with Gasteiger partial charge in [0.2, 0.25) is 5.95 Å². The first-order chi connectivity index (χ1) is 17.9. The van der Waals surface area contributed by atoms with E-state index in [0.29, 0.717) is 13.1 Å². The van der Waals surface area contributed by atoms with Crippen molar-refractivity contribution in [2.75, 3.05) is 31.1 Å². The van der Waals surface area contributed by atoms with E-state index in [0.717, 1.165) is 50.4 Å². The summed E-state index contributed by atoms with van der Waals surface area (Å²) < 4.78 is 38.4. The second kappa shape index (κ2) is 9.68. The van der Waals surface area contributed by atoms with Crippen molar-refractivity contribution in [1.82, 2.24) is 25.1 Å². The standard InChI is InChI=1S/C25H30F3N7O3/c1-16-11-33(22-29-9-19(10-30-22)25(26,27)28)12-17(2)34(16)23(36)31-20-7-24(8-20)14-32(15-24)13-18-3-5-21(6-4-18)35(37)38/h3-6,9-10,16-17,20H,7-8,11-15H2,1-2H3,(H,31,36)/t16-,17+. The van der Waals surface area contributed by atoms with Crippen LogP contribution in [0.15, 0.2) is 36.7 Å². The molecule has 0 unspecified atom stereocenters. The fourth-order valence-electron chi connectivity index (χ4n) is 6.11. The van der Waals surface area contributed by atoms with Gasteiger partial charge >= 0.3 is 12.2 Å². The second-order valence-electron chi connectivity index (χ2n) is 10.9. The van der Waals surface area contributed by atoms with Crippen LogP contribution >= 0.6 is 0 Å². The van der Waals surface area contributed by atoms with Crippen LogP contribution in [-0.4, -0.2) is 75.0 Å². The Morgan fingerprint density at radius 3 is 2.21 bits per heavy atom. The van der Waals surface area contributed by atoms with Crippen molar-refractivity contribution < 1.29 is 22.9 Å². The van der Waals surface area contributed by atoms with Gasteiger partial charge in [-0.25, -0.2) is 14.8 Å². The molecule has 1 aromatic carbocycles. The zero-order valence-corrected chi connectivity index (χ0v) is 21.2. The molecule has 0 bridgehead atoms. The largest absolute Gasteiger partial charge is 0.419 e. The lowest BCUT2D eigenvalue weighted by molar-refractivity contribution is -0.384. The van der Waals surface area contributed by atoms with Gasteiger partial charge in [-0.3, -0.25) is 15.0 Å². The molecule has 1 spiro atoms. The van der Waals surface area contributed by atoms with Crippen LogP contribution in [0.1, 0.15) is 37.8 Å². The van der Waals surface area contributed by atoms with E-state index in [2.05, 4.69) is 20.2 Å². The summed E-state index contributed by atoms with van der Waals surface area (Å²) in [5.41, 5.74) is 0.455. The van der Waals surface area contributed by atoms with Gasteiger partial charge in [0.1, 0.15) is 0 Å². The van der Waals surface area contributed by atoms with E-state index in [9.17, 15) is 28.1 Å². The molecular formula is C25H30F3N7O3. The van der Waals surface area contributed by atoms with Crippen LogP contribution in [0.25, 0.3) is 0 Å². The molecule has 1 saturated carbocycles. The Bertz CT molecular complexity index is 1170. The first kappa shape index (κ1) is 26.1. The number of alkyl halides is 3. The maximum Gasteiger partial charge on any atom is 0.419 e. The highest BCUT2D eigenvalue weighted by Crippen LogP contribution is 2.48. The summed E-state index contributed by atoms with van der Waals surface area (Å²) in [6.07, 6.45) is -1.08. The Balaban J connectivity index is 1.07. The third kappa shape index (κ3) is 5.24. The number of likely N-dealkylation sites (tertiary alicyclic amines) is 1. The predicted octanol–water partition coefficient (Wildman–Crippen LogP) is 3.68. The minimum Gasteiger partial charge on any atom is -0.337 e. The SMILES string of the molecule is C[C@@H]1CN(c2ncc(C(F)(F)F)cn2)C[C@H](C)N1C(=O)NC1CC2(C1)CN(Cc1ccc([N+](=O)[O-])cc1)C2. The van der Waals surface area contributed by atoms with E-state index in [1.165, 1.54) is 12.1 Å². The fourth-order valence-corrected chi connectivity index (χ4v) is 6.11. The van der Waals surface area contributed by atoms with Crippen molar-refractivity contribution in [1.29, 1.82) is 0 Å². The number of benzene rings is 1. The molecule has 2 saturated heterocycles. The molecular weight excluding hydrogens is 503 g/mol. The molecule has 2 aliphatic heterocycles. The summed E-state index contributed by atoms with van der Waals surface area (Å²) >= 11 is 0. The molecule has 0 radical (unpaired) electrons. The Kier molecular flexibility index (Phi) is 6.66. The van der Waals surface area contributed by atoms with Gasteiger partial charge in [0.05, 0.1) is 10.5 Å². The van der Waals surface area contributed by atoms with E-state index >= 15 is 0 Å². The van der Waals surface area contributed by atoms with Gasteiger partial charge in [-0.15, -0.1) is 0 Å². The van der Waals surface area contributed by atoms with Crippen LogP contribution in [0.3, 0.4) is 0 Å². The highest BCUT2D eigenvalue weighted by atomic mass is 19.4. The molecule has 13 heteroatoms. The number of nitrogens with zero attached hydrogens (tertiary/aromatic N) is 6. The van der Waals surface area contributed by atoms with Crippen LogP contribution in [0.4, 0.5) is 29.6 Å². The van der Waals surface area contributed by atoms with E-state index < -0.39 is 16.7 Å². The lowest BCUT2D eigenvalue weighted by Gasteiger charge is -2.59. The van der Waals surface area contributed by atoms with E-state index in [-0.39, 0.29) is 41.2 Å². The van der Waals surface area contributed by atoms with E-state index in [1.54, 1.807) is 17.0 Å². The molecule has 2 amide bonds. The molecule has 3 aliphatic rings. The van der Waals surface area contributed by atoms with Crippen LogP contribution in [0.2, 0.25) is 0 Å². The van der Waals surface area contributed by atoms with Crippen LogP contribution in [0.5, 0.6) is 0 Å². The summed E-state index contributed by atoms with van der Waals surface area (Å²) in [5, 5.41) is 14.0. The van der Waals surface area contributed by atoms with Crippen molar-refractivity contribution in [2.24, 2.45) is 5.41 Å². The summed E-state index contributed by atoms with van der Waals surface area (Å²) in [5.74, 6) is 0.223. The maximum absolute atomic E-state index is 13.1. The lowest BCUT2D eigenvalue weighted by Crippen LogP contribution is -2.68. The Labute approximate surface area is 218 Å². The number of nitrogens with one attached hydrogen (secondary N) is 1. The number of non-ortho nitro benzene ring substituents is 1. The first-order valence-electron chi connectivity index (χ1n) is 12.6. The van der Waals surface area contributed by atoms with Crippen molar-refractivity contribution in [3.05, 3.63) is 57.9 Å². The summed E-state index contributed by atoms with van der Waals surface area (Å²) in [7, 11) is 0. The minimum atomic E-state index is -4.49. The third-order valence-electron chi connectivity index (χ3n) is 7.76. The van der Waals surface area contributed by atoms with Gasteiger partial charge in [0, 0.05) is 75.4 Å². The normalized spacial score (nSPS) is 23.6. The zero-order valence-electron chi connectivity index (χ0n) is 21.2. The van der Waals surface area contributed by atoms with Crippen LogP contribution in [0, 0.1) is 15.5 Å². The number of halogens is 3. The van der Waals surface area contributed by atoms with Gasteiger partial charge in [-0.05, 0) is 37.7 Å². The molecule has 1 N–H and O–H groups in total. The molecule has 2 atom stereocenters. The number of hydrogen-bond acceptors (Lipinski definition) is 7. The molecule has 3 fully saturated rings. The molecule has 5 rings (SSSR count). The van der Waals surface area contributed by atoms with Crippen molar-refractivity contribution in [3.63, 3.8) is 0 Å². The van der Waals surface area contributed by atoms with Gasteiger partial charge in [-0.2, -0.15) is 13.2 Å². The number of anilines is 1. The van der Waals surface area contributed by atoms with Crippen molar-refractivity contribution in [3.8, 4) is 0 Å². The van der Waals surface area contributed by atoms with Crippen molar-refractivity contribution in [2.45, 2.75) is 57.5 Å². The molecule has 1 aromatic heterocycles. The summed E-state index contributed by atoms with van der Waals surface area (Å²) in [6.45, 7) is 7.31. The smallest absolute Gasteiger partial charge is 0.337 e. The predicted molar refractivity (Wildman–Crippen MR) is 132 cm³/mol. The van der Waals surface area contributed by atoms with Gasteiger partial charge in [0.15, 0.2) is 0 Å². The van der Waals surface area contributed by atoms with Gasteiger partial charge in [0.25, 0.3) is 5.69 Å². The molecule has 204 valence electrons. The molecule has 3 heterocycles. The zero-order chi connectivity index (χ0) is 27.2. The number of carbonyl (C=O) groups excluding carboxylic acids is 1. The number of aromatic nitrogens is 2. The Morgan fingerprint density at radius 2 is 1.68 bits per heavy atom. The number of amides is 2. The summed E-state index contributed by atoms with van der Waals surface area (Å²) in [4.78, 5) is 37.2. The number of rotatable bonds is 5. The lowest BCUT2D eigenvalue weighted by atomic mass is 9.60. The van der Waals surface area contributed by atoms with Crippen LogP contribution in [-0.2, 0) is 12.7 Å². The number of nitro benzene ring substituents is 1. The number of carbonyl (C=O) groups is 1. The molecule has 2 aromatic rings. The highest BCUT2D eigenvalue weighted by Gasteiger charge is 2.52. The molecule has 38 heavy (non-hydrogen) atoms. The average Bonchev–Trinajstić information content (AvgIpc) is 2.80.